The molecule has 0 bridgehead atoms. The molecule has 12 heavy (non-hydrogen) atoms. The fraction of sp³-hybridized carbons (Fsp3) is 0.444. The number of rotatable bonds is 3. The Hall–Kier alpha value is -0.960. The maximum absolute atomic E-state index is 13.0. The highest BCUT2D eigenvalue weighted by Gasteiger charge is 2.09. The van der Waals surface area contributed by atoms with E-state index in [2.05, 4.69) is 4.98 Å². The molecule has 66 valence electrons. The van der Waals surface area contributed by atoms with E-state index in [-0.39, 0.29) is 6.04 Å². The maximum Gasteiger partial charge on any atom is 0.217 e. The minimum atomic E-state index is -0.446. The largest absolute Gasteiger partial charge is 0.324 e. The molecule has 2 N–H and O–H groups in total. The Morgan fingerprint density at radius 2 is 2.42 bits per heavy atom. The van der Waals surface area contributed by atoms with Crippen LogP contribution in [0.1, 0.15) is 31.4 Å². The van der Waals surface area contributed by atoms with Gasteiger partial charge in [0, 0.05) is 17.8 Å². The quantitative estimate of drug-likeness (QED) is 0.701. The molecule has 0 saturated heterocycles. The molecule has 0 aliphatic heterocycles. The van der Waals surface area contributed by atoms with E-state index >= 15 is 0 Å². The summed E-state index contributed by atoms with van der Waals surface area (Å²) in [5, 5.41) is 0. The Morgan fingerprint density at radius 3 is 3.00 bits per heavy atom. The van der Waals surface area contributed by atoms with Crippen LogP contribution in [0.5, 0.6) is 0 Å². The molecule has 0 saturated carbocycles. The van der Waals surface area contributed by atoms with Crippen molar-refractivity contribution in [3.05, 3.63) is 29.8 Å². The first-order valence-electron chi connectivity index (χ1n) is 4.11. The smallest absolute Gasteiger partial charge is 0.217 e. The molecule has 0 spiro atoms. The van der Waals surface area contributed by atoms with Crippen LogP contribution in [0.15, 0.2) is 18.3 Å². The first kappa shape index (κ1) is 9.13. The van der Waals surface area contributed by atoms with Crippen molar-refractivity contribution in [2.24, 2.45) is 5.73 Å². The second-order valence-electron chi connectivity index (χ2n) is 2.78. The molecule has 2 nitrogen and oxygen atoms in total. The topological polar surface area (TPSA) is 38.9 Å². The van der Waals surface area contributed by atoms with E-state index in [0.29, 0.717) is 5.56 Å². The van der Waals surface area contributed by atoms with Crippen molar-refractivity contribution in [3.8, 4) is 0 Å². The minimum absolute atomic E-state index is 0.219. The van der Waals surface area contributed by atoms with E-state index in [1.165, 1.54) is 6.20 Å². The van der Waals surface area contributed by atoms with E-state index in [9.17, 15) is 4.39 Å². The molecular weight excluding hydrogens is 155 g/mol. The Morgan fingerprint density at radius 1 is 1.67 bits per heavy atom. The van der Waals surface area contributed by atoms with Crippen LogP contribution in [0.2, 0.25) is 0 Å². The van der Waals surface area contributed by atoms with Gasteiger partial charge in [-0.25, -0.2) is 4.98 Å². The summed E-state index contributed by atoms with van der Waals surface area (Å²) in [5.74, 6) is -0.446. The molecule has 1 rings (SSSR count). The number of halogens is 1. The fourth-order valence-corrected chi connectivity index (χ4v) is 1.14. The number of nitrogens with zero attached hydrogens (tertiary/aromatic N) is 1. The summed E-state index contributed by atoms with van der Waals surface area (Å²) in [6, 6.07) is 3.17. The van der Waals surface area contributed by atoms with Crippen molar-refractivity contribution >= 4 is 0 Å². The molecule has 0 unspecified atom stereocenters. The Labute approximate surface area is 71.6 Å². The van der Waals surface area contributed by atoms with Gasteiger partial charge in [-0.1, -0.05) is 19.4 Å². The number of hydrogen-bond acceptors (Lipinski definition) is 2. The Kier molecular flexibility index (Phi) is 3.17. The van der Waals surface area contributed by atoms with Gasteiger partial charge in [-0.05, 0) is 12.5 Å². The van der Waals surface area contributed by atoms with Gasteiger partial charge in [-0.2, -0.15) is 4.39 Å². The molecule has 0 fully saturated rings. The molecule has 0 aromatic carbocycles. The van der Waals surface area contributed by atoms with E-state index in [1.54, 1.807) is 12.1 Å². The molecule has 0 aliphatic rings. The Bertz CT molecular complexity index is 250. The predicted molar refractivity (Wildman–Crippen MR) is 46.0 cm³/mol. The lowest BCUT2D eigenvalue weighted by molar-refractivity contribution is 0.530. The first-order chi connectivity index (χ1) is 5.75. The maximum atomic E-state index is 13.0. The highest BCUT2D eigenvalue weighted by Crippen LogP contribution is 2.16. The van der Waals surface area contributed by atoms with Gasteiger partial charge in [0.25, 0.3) is 0 Å². The van der Waals surface area contributed by atoms with Gasteiger partial charge >= 0.3 is 0 Å². The third-order valence-electron chi connectivity index (χ3n) is 1.79. The molecule has 1 aromatic heterocycles. The average Bonchev–Trinajstić information content (AvgIpc) is 2.05. The zero-order chi connectivity index (χ0) is 8.97. The van der Waals surface area contributed by atoms with Gasteiger partial charge in [0.05, 0.1) is 0 Å². The van der Waals surface area contributed by atoms with Crippen molar-refractivity contribution in [3.63, 3.8) is 0 Å². The summed E-state index contributed by atoms with van der Waals surface area (Å²) in [6.07, 6.45) is 3.18. The standard InChI is InChI=1S/C9H13FN2/c1-2-4-8(11)7-5-3-6-12-9(7)10/h3,5-6,8H,2,4,11H2,1H3/t8-/m0/s1. The fourth-order valence-electron chi connectivity index (χ4n) is 1.14. The van der Waals surface area contributed by atoms with Crippen molar-refractivity contribution < 1.29 is 4.39 Å². The lowest BCUT2D eigenvalue weighted by Crippen LogP contribution is -2.12. The minimum Gasteiger partial charge on any atom is -0.324 e. The van der Waals surface area contributed by atoms with Gasteiger partial charge in [0.2, 0.25) is 5.95 Å². The first-order valence-corrected chi connectivity index (χ1v) is 4.11. The molecule has 0 amide bonds. The summed E-state index contributed by atoms with van der Waals surface area (Å²) in [7, 11) is 0. The molecule has 1 aromatic rings. The third kappa shape index (κ3) is 2.01. The number of aromatic nitrogens is 1. The van der Waals surface area contributed by atoms with Crippen LogP contribution in [0.4, 0.5) is 4.39 Å². The Balaban J connectivity index is 2.79. The van der Waals surface area contributed by atoms with Crippen molar-refractivity contribution in [2.75, 3.05) is 0 Å². The number of nitrogens with two attached hydrogens (primary N) is 1. The van der Waals surface area contributed by atoms with E-state index in [4.69, 9.17) is 5.73 Å². The van der Waals surface area contributed by atoms with E-state index in [0.717, 1.165) is 12.8 Å². The average molecular weight is 168 g/mol. The summed E-state index contributed by atoms with van der Waals surface area (Å²) in [6.45, 7) is 2.02. The highest BCUT2D eigenvalue weighted by molar-refractivity contribution is 5.14. The van der Waals surface area contributed by atoms with E-state index < -0.39 is 5.95 Å². The summed E-state index contributed by atoms with van der Waals surface area (Å²) >= 11 is 0. The van der Waals surface area contributed by atoms with Gasteiger partial charge in [0.1, 0.15) is 0 Å². The monoisotopic (exact) mass is 168 g/mol. The van der Waals surface area contributed by atoms with Gasteiger partial charge in [-0.15, -0.1) is 0 Å². The third-order valence-corrected chi connectivity index (χ3v) is 1.79. The predicted octanol–water partition coefficient (Wildman–Crippen LogP) is 2.02. The van der Waals surface area contributed by atoms with Crippen molar-refractivity contribution in [1.82, 2.24) is 4.98 Å². The van der Waals surface area contributed by atoms with Gasteiger partial charge in [-0.3, -0.25) is 0 Å². The molecular formula is C9H13FN2. The molecule has 1 heterocycles. The summed E-state index contributed by atoms with van der Waals surface area (Å²) < 4.78 is 13.0. The molecule has 0 radical (unpaired) electrons. The summed E-state index contributed by atoms with van der Waals surface area (Å²) in [5.41, 5.74) is 6.24. The lowest BCUT2D eigenvalue weighted by atomic mass is 10.1. The van der Waals surface area contributed by atoms with Crippen molar-refractivity contribution in [1.29, 1.82) is 0 Å². The van der Waals surface area contributed by atoms with Crippen LogP contribution >= 0.6 is 0 Å². The van der Waals surface area contributed by atoms with Crippen LogP contribution in [0.3, 0.4) is 0 Å². The zero-order valence-electron chi connectivity index (χ0n) is 7.13. The molecule has 1 atom stereocenters. The molecule has 3 heteroatoms. The molecule has 0 aliphatic carbocycles. The number of pyridine rings is 1. The summed E-state index contributed by atoms with van der Waals surface area (Å²) in [4.78, 5) is 3.54. The number of hydrogen-bond donors (Lipinski definition) is 1. The van der Waals surface area contributed by atoms with Crippen LogP contribution in [0, 0.1) is 5.95 Å². The van der Waals surface area contributed by atoms with Crippen LogP contribution in [0.25, 0.3) is 0 Å². The normalized spacial score (nSPS) is 12.9. The van der Waals surface area contributed by atoms with Crippen LogP contribution in [-0.4, -0.2) is 4.98 Å². The zero-order valence-corrected chi connectivity index (χ0v) is 7.13. The van der Waals surface area contributed by atoms with Crippen LogP contribution in [-0.2, 0) is 0 Å². The van der Waals surface area contributed by atoms with Crippen LogP contribution < -0.4 is 5.73 Å². The second kappa shape index (κ2) is 4.16. The van der Waals surface area contributed by atoms with Gasteiger partial charge in [0.15, 0.2) is 0 Å². The van der Waals surface area contributed by atoms with E-state index in [1.807, 2.05) is 6.92 Å². The lowest BCUT2D eigenvalue weighted by Gasteiger charge is -2.09. The SMILES string of the molecule is CCC[C@H](N)c1cccnc1F. The van der Waals surface area contributed by atoms with Crippen molar-refractivity contribution in [2.45, 2.75) is 25.8 Å². The van der Waals surface area contributed by atoms with Gasteiger partial charge < -0.3 is 5.73 Å². The highest BCUT2D eigenvalue weighted by atomic mass is 19.1. The second-order valence-corrected chi connectivity index (χ2v) is 2.78.